The fraction of sp³-hybridized carbons (Fsp3) is 0.476. The molecule has 0 unspecified atom stereocenters. The summed E-state index contributed by atoms with van der Waals surface area (Å²) in [5.41, 5.74) is 0.494. The highest BCUT2D eigenvalue weighted by molar-refractivity contribution is 6.35. The number of aromatic nitrogens is 2. The van der Waals surface area contributed by atoms with Crippen LogP contribution < -0.4 is 15.5 Å². The Kier molecular flexibility index (Phi) is 7.19. The molecular formula is C21H27Cl2N5O. The number of halogens is 2. The fourth-order valence-corrected chi connectivity index (χ4v) is 4.13. The van der Waals surface area contributed by atoms with E-state index in [0.29, 0.717) is 34.1 Å². The number of aryl methyl sites for hydroxylation is 1. The number of carbonyl (C=O) groups is 1. The van der Waals surface area contributed by atoms with Crippen LogP contribution in [0, 0.1) is 12.8 Å². The number of carbonyl (C=O) groups excluding carboxylic acids is 1. The van der Waals surface area contributed by atoms with E-state index in [1.54, 1.807) is 18.2 Å². The highest BCUT2D eigenvalue weighted by Crippen LogP contribution is 2.27. The Morgan fingerprint density at radius 3 is 2.34 bits per heavy atom. The van der Waals surface area contributed by atoms with Gasteiger partial charge in [-0.05, 0) is 56.7 Å². The monoisotopic (exact) mass is 435 g/mol. The molecular weight excluding hydrogens is 409 g/mol. The summed E-state index contributed by atoms with van der Waals surface area (Å²) in [5.74, 6) is 2.86. The van der Waals surface area contributed by atoms with Crippen LogP contribution in [0.3, 0.4) is 0 Å². The van der Waals surface area contributed by atoms with E-state index in [0.717, 1.165) is 43.1 Å². The third-order valence-electron chi connectivity index (χ3n) is 5.16. The average Bonchev–Trinajstić information content (AvgIpc) is 2.66. The molecule has 1 aliphatic carbocycles. The van der Waals surface area contributed by atoms with Gasteiger partial charge in [0.25, 0.3) is 5.91 Å². The van der Waals surface area contributed by atoms with Crippen LogP contribution in [0.15, 0.2) is 24.3 Å². The van der Waals surface area contributed by atoms with Crippen LogP contribution in [-0.4, -0.2) is 42.6 Å². The highest BCUT2D eigenvalue weighted by Gasteiger charge is 2.22. The van der Waals surface area contributed by atoms with E-state index < -0.39 is 0 Å². The van der Waals surface area contributed by atoms with Gasteiger partial charge in [0.1, 0.15) is 17.5 Å². The first-order valence-corrected chi connectivity index (χ1v) is 10.6. The lowest BCUT2D eigenvalue weighted by Gasteiger charge is -2.29. The third-order valence-corrected chi connectivity index (χ3v) is 5.59. The van der Waals surface area contributed by atoms with Crippen molar-refractivity contribution in [3.8, 4) is 0 Å². The number of nitrogens with one attached hydrogen (secondary N) is 2. The van der Waals surface area contributed by atoms with E-state index in [4.69, 9.17) is 23.2 Å². The second-order valence-corrected chi connectivity index (χ2v) is 8.66. The second-order valence-electron chi connectivity index (χ2n) is 7.78. The van der Waals surface area contributed by atoms with Crippen LogP contribution in [0.4, 0.5) is 11.6 Å². The molecule has 1 aromatic heterocycles. The number of nitrogens with zero attached hydrogens (tertiary/aromatic N) is 3. The molecule has 0 saturated heterocycles. The summed E-state index contributed by atoms with van der Waals surface area (Å²) in [6.45, 7) is 2.57. The molecule has 2 N–H and O–H groups in total. The molecule has 1 amide bonds. The molecule has 2 aromatic rings. The van der Waals surface area contributed by atoms with Crippen molar-refractivity contribution in [1.82, 2.24) is 15.3 Å². The lowest BCUT2D eigenvalue weighted by molar-refractivity contribution is 0.0943. The standard InChI is InChI=1S/C21H27Cl2N5O/c1-13-25-19(11-20(26-13)28(2)3)27-18-6-4-14(5-7-18)12-24-21(29)15-8-16(22)10-17(23)9-15/h8-11,14,18H,4-7,12H2,1-3H3,(H,24,29)(H,25,26,27)/t14-,18+. The summed E-state index contributed by atoms with van der Waals surface area (Å²) >= 11 is 12.0. The Hall–Kier alpha value is -2.05. The zero-order valence-electron chi connectivity index (χ0n) is 17.0. The van der Waals surface area contributed by atoms with E-state index in [-0.39, 0.29) is 5.91 Å². The first-order valence-electron chi connectivity index (χ1n) is 9.84. The molecule has 1 aliphatic rings. The van der Waals surface area contributed by atoms with Gasteiger partial charge in [-0.2, -0.15) is 0 Å². The van der Waals surface area contributed by atoms with Crippen molar-refractivity contribution in [3.63, 3.8) is 0 Å². The first kappa shape index (κ1) is 21.7. The number of rotatable bonds is 6. The third kappa shape index (κ3) is 6.21. The van der Waals surface area contributed by atoms with Crippen LogP contribution in [0.2, 0.25) is 10.0 Å². The van der Waals surface area contributed by atoms with Crippen LogP contribution in [-0.2, 0) is 0 Å². The number of hydrogen-bond donors (Lipinski definition) is 2. The molecule has 0 radical (unpaired) electrons. The van der Waals surface area contributed by atoms with Crippen LogP contribution in [0.1, 0.15) is 41.9 Å². The zero-order chi connectivity index (χ0) is 21.0. The van der Waals surface area contributed by atoms with Gasteiger partial charge in [0.05, 0.1) is 0 Å². The van der Waals surface area contributed by atoms with Crippen molar-refractivity contribution in [2.45, 2.75) is 38.6 Å². The summed E-state index contributed by atoms with van der Waals surface area (Å²) in [5, 5.41) is 7.49. The van der Waals surface area contributed by atoms with Gasteiger partial charge in [-0.1, -0.05) is 23.2 Å². The Balaban J connectivity index is 1.48. The molecule has 0 bridgehead atoms. The summed E-state index contributed by atoms with van der Waals surface area (Å²) < 4.78 is 0. The predicted molar refractivity (Wildman–Crippen MR) is 119 cm³/mol. The number of hydrogen-bond acceptors (Lipinski definition) is 5. The summed E-state index contributed by atoms with van der Waals surface area (Å²) in [6, 6.07) is 7.26. The maximum atomic E-state index is 12.4. The van der Waals surface area contributed by atoms with Crippen molar-refractivity contribution < 1.29 is 4.79 Å². The minimum Gasteiger partial charge on any atom is -0.367 e. The summed E-state index contributed by atoms with van der Waals surface area (Å²) in [7, 11) is 3.95. The molecule has 6 nitrogen and oxygen atoms in total. The van der Waals surface area contributed by atoms with E-state index in [1.165, 1.54) is 0 Å². The van der Waals surface area contributed by atoms with Crippen molar-refractivity contribution in [2.75, 3.05) is 30.9 Å². The Bertz CT molecular complexity index is 846. The number of amides is 1. The van der Waals surface area contributed by atoms with Gasteiger partial charge in [-0.15, -0.1) is 0 Å². The molecule has 0 aliphatic heterocycles. The van der Waals surface area contributed by atoms with E-state index in [2.05, 4.69) is 20.6 Å². The Morgan fingerprint density at radius 2 is 1.72 bits per heavy atom. The molecule has 0 atom stereocenters. The molecule has 1 saturated carbocycles. The first-order chi connectivity index (χ1) is 13.8. The van der Waals surface area contributed by atoms with Gasteiger partial charge in [0.2, 0.25) is 0 Å². The van der Waals surface area contributed by atoms with Gasteiger partial charge < -0.3 is 15.5 Å². The Morgan fingerprint density at radius 1 is 1.07 bits per heavy atom. The van der Waals surface area contributed by atoms with Crippen molar-refractivity contribution in [3.05, 3.63) is 45.7 Å². The van der Waals surface area contributed by atoms with Crippen LogP contribution in [0.25, 0.3) is 0 Å². The molecule has 1 heterocycles. The molecule has 156 valence electrons. The van der Waals surface area contributed by atoms with Crippen molar-refractivity contribution in [2.24, 2.45) is 5.92 Å². The zero-order valence-corrected chi connectivity index (χ0v) is 18.5. The Labute approximate surface area is 182 Å². The van der Waals surface area contributed by atoms with Gasteiger partial charge in [0.15, 0.2) is 0 Å². The number of anilines is 2. The van der Waals surface area contributed by atoms with Gasteiger partial charge >= 0.3 is 0 Å². The average molecular weight is 436 g/mol. The largest absolute Gasteiger partial charge is 0.367 e. The maximum Gasteiger partial charge on any atom is 0.251 e. The molecule has 8 heteroatoms. The van der Waals surface area contributed by atoms with Gasteiger partial charge in [0, 0.05) is 48.4 Å². The SMILES string of the molecule is Cc1nc(N[C@H]2CC[C@@H](CNC(=O)c3cc(Cl)cc(Cl)c3)CC2)cc(N(C)C)n1. The van der Waals surface area contributed by atoms with Crippen molar-refractivity contribution >= 4 is 40.7 Å². The second kappa shape index (κ2) is 9.63. The van der Waals surface area contributed by atoms with Crippen LogP contribution in [0.5, 0.6) is 0 Å². The van der Waals surface area contributed by atoms with Gasteiger partial charge in [-0.3, -0.25) is 4.79 Å². The van der Waals surface area contributed by atoms with Crippen molar-refractivity contribution in [1.29, 1.82) is 0 Å². The smallest absolute Gasteiger partial charge is 0.251 e. The fourth-order valence-electron chi connectivity index (χ4n) is 3.60. The molecule has 3 rings (SSSR count). The summed E-state index contributed by atoms with van der Waals surface area (Å²) in [4.78, 5) is 23.3. The normalized spacial score (nSPS) is 18.9. The lowest BCUT2D eigenvalue weighted by atomic mass is 9.86. The lowest BCUT2D eigenvalue weighted by Crippen LogP contribution is -2.34. The maximum absolute atomic E-state index is 12.4. The topological polar surface area (TPSA) is 70.2 Å². The predicted octanol–water partition coefficient (Wildman–Crippen LogP) is 4.56. The minimum absolute atomic E-state index is 0.137. The van der Waals surface area contributed by atoms with E-state index in [9.17, 15) is 4.79 Å². The molecule has 29 heavy (non-hydrogen) atoms. The molecule has 1 aromatic carbocycles. The summed E-state index contributed by atoms with van der Waals surface area (Å²) in [6.07, 6.45) is 4.20. The van der Waals surface area contributed by atoms with Crippen LogP contribution >= 0.6 is 23.2 Å². The minimum atomic E-state index is -0.137. The highest BCUT2D eigenvalue weighted by atomic mass is 35.5. The quantitative estimate of drug-likeness (QED) is 0.695. The molecule has 0 spiro atoms. The number of benzene rings is 1. The van der Waals surface area contributed by atoms with Gasteiger partial charge in [-0.25, -0.2) is 9.97 Å². The van der Waals surface area contributed by atoms with E-state index >= 15 is 0 Å². The molecule has 1 fully saturated rings. The van der Waals surface area contributed by atoms with E-state index in [1.807, 2.05) is 32.0 Å².